The van der Waals surface area contributed by atoms with Gasteiger partial charge in [-0.05, 0) is 25.7 Å². The molecule has 2 N–H and O–H groups in total. The van der Waals surface area contributed by atoms with Crippen LogP contribution in [0.4, 0.5) is 0 Å². The predicted octanol–water partition coefficient (Wildman–Crippen LogP) is 1.06. The maximum Gasteiger partial charge on any atom is 0.248 e. The van der Waals surface area contributed by atoms with Gasteiger partial charge in [0, 0.05) is 6.54 Å². The quantitative estimate of drug-likeness (QED) is 0.691. The van der Waals surface area contributed by atoms with Crippen molar-refractivity contribution in [2.24, 2.45) is 5.92 Å². The second-order valence-corrected chi connectivity index (χ2v) is 3.93. The minimum Gasteiger partial charge on any atom is -0.384 e. The van der Waals surface area contributed by atoms with Crippen molar-refractivity contribution in [1.82, 2.24) is 5.32 Å². The van der Waals surface area contributed by atoms with Gasteiger partial charge in [-0.25, -0.2) is 0 Å². The summed E-state index contributed by atoms with van der Waals surface area (Å²) in [4.78, 5) is 11.0. The fourth-order valence-corrected chi connectivity index (χ4v) is 1.78. The van der Waals surface area contributed by atoms with Crippen LogP contribution in [-0.4, -0.2) is 23.7 Å². The maximum atomic E-state index is 11.0. The lowest BCUT2D eigenvalue weighted by Crippen LogP contribution is -2.36. The summed E-state index contributed by atoms with van der Waals surface area (Å²) in [6, 6.07) is 0. The molecular formula is C10H19NO2. The van der Waals surface area contributed by atoms with E-state index in [-0.39, 0.29) is 5.91 Å². The van der Waals surface area contributed by atoms with E-state index in [4.69, 9.17) is 5.11 Å². The fourth-order valence-electron chi connectivity index (χ4n) is 1.78. The van der Waals surface area contributed by atoms with E-state index in [0.29, 0.717) is 5.92 Å². The first kappa shape index (κ1) is 10.5. The van der Waals surface area contributed by atoms with E-state index in [9.17, 15) is 4.79 Å². The summed E-state index contributed by atoms with van der Waals surface area (Å²) >= 11 is 0. The van der Waals surface area contributed by atoms with E-state index < -0.39 is 6.10 Å². The molecule has 1 atom stereocenters. The van der Waals surface area contributed by atoms with Gasteiger partial charge in [-0.3, -0.25) is 4.79 Å². The molecule has 1 fully saturated rings. The molecular weight excluding hydrogens is 166 g/mol. The standard InChI is InChI=1S/C10H19NO2/c1-8(12)10(13)11-7-9-5-3-2-4-6-9/h8-9,12H,2-7H2,1H3,(H,11,13)/t8-/m0/s1. The SMILES string of the molecule is C[C@H](O)C(=O)NCC1CCCCC1. The second kappa shape index (κ2) is 5.22. The molecule has 0 saturated heterocycles. The van der Waals surface area contributed by atoms with Crippen molar-refractivity contribution in [3.63, 3.8) is 0 Å². The van der Waals surface area contributed by atoms with Crippen LogP contribution in [0, 0.1) is 5.92 Å². The maximum absolute atomic E-state index is 11.0. The monoisotopic (exact) mass is 185 g/mol. The Hall–Kier alpha value is -0.570. The normalized spacial score (nSPS) is 21.1. The van der Waals surface area contributed by atoms with Crippen molar-refractivity contribution >= 4 is 5.91 Å². The van der Waals surface area contributed by atoms with Crippen LogP contribution in [0.1, 0.15) is 39.0 Å². The van der Waals surface area contributed by atoms with Crippen LogP contribution >= 0.6 is 0 Å². The highest BCUT2D eigenvalue weighted by molar-refractivity contribution is 5.79. The summed E-state index contributed by atoms with van der Waals surface area (Å²) in [5.74, 6) is 0.391. The Bertz CT molecular complexity index is 162. The Morgan fingerprint density at radius 3 is 2.62 bits per heavy atom. The van der Waals surface area contributed by atoms with Crippen LogP contribution in [0.2, 0.25) is 0 Å². The lowest BCUT2D eigenvalue weighted by molar-refractivity contribution is -0.128. The Morgan fingerprint density at radius 2 is 2.08 bits per heavy atom. The summed E-state index contributed by atoms with van der Waals surface area (Å²) in [5.41, 5.74) is 0. The first-order chi connectivity index (χ1) is 6.20. The smallest absolute Gasteiger partial charge is 0.248 e. The van der Waals surface area contributed by atoms with Crippen LogP contribution in [0.5, 0.6) is 0 Å². The van der Waals surface area contributed by atoms with Gasteiger partial charge < -0.3 is 10.4 Å². The van der Waals surface area contributed by atoms with Crippen LogP contribution in [-0.2, 0) is 4.79 Å². The zero-order valence-electron chi connectivity index (χ0n) is 8.25. The molecule has 1 aliphatic rings. The van der Waals surface area contributed by atoms with Gasteiger partial charge in [0.25, 0.3) is 0 Å². The lowest BCUT2D eigenvalue weighted by atomic mass is 9.89. The van der Waals surface area contributed by atoms with Crippen LogP contribution < -0.4 is 5.32 Å². The summed E-state index contributed by atoms with van der Waals surface area (Å²) < 4.78 is 0. The minimum atomic E-state index is -0.872. The first-order valence-electron chi connectivity index (χ1n) is 5.16. The van der Waals surface area contributed by atoms with E-state index in [1.165, 1.54) is 39.0 Å². The largest absolute Gasteiger partial charge is 0.384 e. The highest BCUT2D eigenvalue weighted by Gasteiger charge is 2.15. The number of carbonyl (C=O) groups excluding carboxylic acids is 1. The number of nitrogens with one attached hydrogen (secondary N) is 1. The van der Waals surface area contributed by atoms with Gasteiger partial charge in [-0.15, -0.1) is 0 Å². The number of rotatable bonds is 3. The molecule has 0 aromatic carbocycles. The molecule has 0 unspecified atom stereocenters. The van der Waals surface area contributed by atoms with Crippen LogP contribution in [0.25, 0.3) is 0 Å². The number of aliphatic hydroxyl groups excluding tert-OH is 1. The molecule has 3 heteroatoms. The summed E-state index contributed by atoms with van der Waals surface area (Å²) in [6.45, 7) is 2.24. The predicted molar refractivity (Wildman–Crippen MR) is 51.3 cm³/mol. The minimum absolute atomic E-state index is 0.245. The third kappa shape index (κ3) is 3.77. The zero-order valence-corrected chi connectivity index (χ0v) is 8.25. The summed E-state index contributed by atoms with van der Waals surface area (Å²) in [7, 11) is 0. The van der Waals surface area contributed by atoms with Crippen molar-refractivity contribution in [2.75, 3.05) is 6.54 Å². The number of amides is 1. The van der Waals surface area contributed by atoms with Gasteiger partial charge in [0.05, 0.1) is 0 Å². The Kier molecular flexibility index (Phi) is 4.22. The van der Waals surface area contributed by atoms with Gasteiger partial charge in [0.2, 0.25) is 5.91 Å². The van der Waals surface area contributed by atoms with E-state index >= 15 is 0 Å². The Morgan fingerprint density at radius 1 is 1.46 bits per heavy atom. The molecule has 0 radical (unpaired) electrons. The van der Waals surface area contributed by atoms with Crippen molar-refractivity contribution in [2.45, 2.75) is 45.1 Å². The number of carbonyl (C=O) groups is 1. The highest BCUT2D eigenvalue weighted by atomic mass is 16.3. The average molecular weight is 185 g/mol. The van der Waals surface area contributed by atoms with E-state index in [2.05, 4.69) is 5.32 Å². The summed E-state index contributed by atoms with van der Waals surface area (Å²) in [5, 5.41) is 11.7. The molecule has 1 rings (SSSR count). The van der Waals surface area contributed by atoms with E-state index in [0.717, 1.165) is 6.54 Å². The molecule has 0 aliphatic heterocycles. The van der Waals surface area contributed by atoms with E-state index in [1.54, 1.807) is 0 Å². The van der Waals surface area contributed by atoms with Gasteiger partial charge in [-0.1, -0.05) is 19.3 Å². The third-order valence-electron chi connectivity index (χ3n) is 2.67. The molecule has 13 heavy (non-hydrogen) atoms. The van der Waals surface area contributed by atoms with Gasteiger partial charge in [-0.2, -0.15) is 0 Å². The van der Waals surface area contributed by atoms with Gasteiger partial charge in [0.1, 0.15) is 6.10 Å². The van der Waals surface area contributed by atoms with Crippen molar-refractivity contribution in [3.8, 4) is 0 Å². The average Bonchev–Trinajstić information content (AvgIpc) is 2.15. The number of hydrogen-bond acceptors (Lipinski definition) is 2. The molecule has 0 aromatic heterocycles. The topological polar surface area (TPSA) is 49.3 Å². The second-order valence-electron chi connectivity index (χ2n) is 3.93. The molecule has 76 valence electrons. The number of aliphatic hydroxyl groups is 1. The molecule has 0 aromatic rings. The number of hydrogen-bond donors (Lipinski definition) is 2. The summed E-state index contributed by atoms with van der Waals surface area (Å²) in [6.07, 6.45) is 5.48. The van der Waals surface area contributed by atoms with Crippen LogP contribution in [0.15, 0.2) is 0 Å². The van der Waals surface area contributed by atoms with Crippen molar-refractivity contribution in [1.29, 1.82) is 0 Å². The molecule has 1 aliphatic carbocycles. The third-order valence-corrected chi connectivity index (χ3v) is 2.67. The zero-order chi connectivity index (χ0) is 9.68. The van der Waals surface area contributed by atoms with Crippen LogP contribution in [0.3, 0.4) is 0 Å². The van der Waals surface area contributed by atoms with Crippen molar-refractivity contribution in [3.05, 3.63) is 0 Å². The van der Waals surface area contributed by atoms with Gasteiger partial charge in [0.15, 0.2) is 0 Å². The lowest BCUT2D eigenvalue weighted by Gasteiger charge is -2.21. The Balaban J connectivity index is 2.13. The molecule has 3 nitrogen and oxygen atoms in total. The molecule has 0 heterocycles. The molecule has 0 spiro atoms. The van der Waals surface area contributed by atoms with E-state index in [1.807, 2.05) is 0 Å². The Labute approximate surface area is 79.5 Å². The highest BCUT2D eigenvalue weighted by Crippen LogP contribution is 2.22. The fraction of sp³-hybridized carbons (Fsp3) is 0.900. The molecule has 1 amide bonds. The first-order valence-corrected chi connectivity index (χ1v) is 5.16. The van der Waals surface area contributed by atoms with Crippen molar-refractivity contribution < 1.29 is 9.90 Å². The molecule has 1 saturated carbocycles. The molecule has 0 bridgehead atoms. The van der Waals surface area contributed by atoms with Gasteiger partial charge >= 0.3 is 0 Å².